The van der Waals surface area contributed by atoms with Gasteiger partial charge >= 0.3 is 0 Å². The van der Waals surface area contributed by atoms with Crippen LogP contribution in [0.2, 0.25) is 0 Å². The number of rotatable bonds is 4. The maximum Gasteiger partial charge on any atom is 0.0360 e. The molecule has 0 saturated heterocycles. The average Bonchev–Trinajstić information content (AvgIpc) is 3.23. The largest absolute Gasteiger partial charge is 0.382 e. The Kier molecular flexibility index (Phi) is 10.3. The minimum atomic E-state index is 0.483. The lowest BCUT2D eigenvalue weighted by Gasteiger charge is -2.56. The molecule has 2 heteroatoms. The third-order valence-corrected chi connectivity index (χ3v) is 10.3. The zero-order valence-corrected chi connectivity index (χ0v) is 24.2. The van der Waals surface area contributed by atoms with Gasteiger partial charge in [0.05, 0.1) is 0 Å². The fourth-order valence-electron chi connectivity index (χ4n) is 8.95. The summed E-state index contributed by atoms with van der Waals surface area (Å²) in [5.41, 5.74) is 2.67. The molecule has 0 radical (unpaired) electrons. The molecule has 1 aromatic heterocycles. The molecule has 198 valence electrons. The molecule has 0 amide bonds. The minimum Gasteiger partial charge on any atom is -0.382 e. The second kappa shape index (κ2) is 12.8. The number of nitrogens with zero attached hydrogens (tertiary/aromatic N) is 1. The van der Waals surface area contributed by atoms with Crippen LogP contribution in [0.5, 0.6) is 0 Å². The quantitative estimate of drug-likeness (QED) is 0.464. The van der Waals surface area contributed by atoms with E-state index in [9.17, 15) is 0 Å². The van der Waals surface area contributed by atoms with E-state index in [2.05, 4.69) is 57.6 Å². The number of nitrogens with one attached hydrogen (secondary N) is 1. The molecule has 2 nitrogen and oxygen atoms in total. The Hall–Kier alpha value is -1.31. The Morgan fingerprint density at radius 1 is 1.06 bits per heavy atom. The van der Waals surface area contributed by atoms with Gasteiger partial charge in [-0.15, -0.1) is 0 Å². The Balaban J connectivity index is 0.000000638. The molecule has 5 rings (SSSR count). The average molecular weight is 481 g/mol. The van der Waals surface area contributed by atoms with Crippen molar-refractivity contribution in [1.29, 1.82) is 0 Å². The van der Waals surface area contributed by atoms with Crippen molar-refractivity contribution in [2.75, 3.05) is 0 Å². The lowest BCUT2D eigenvalue weighted by atomic mass is 9.49. The standard InChI is InChI=1S/C28H42N2.C3H8.C2H6/c1-18-7-9-23-21(16-18)8-10-25-24(23)13-14-28(4)26(11-12-27(25)28)20(3)30-19(2)22-6-5-15-29-17-22;1-3-2;1-2/h5-6,15,17-18,20-21,23-27,30H,2,7-14,16H2,1,3-4H3;3H2,1-2H3;1-2H3/t18?,20-,21?,23?,24?,25?,26?,27?,28?;;/m0../s1. The van der Waals surface area contributed by atoms with E-state index >= 15 is 0 Å². The van der Waals surface area contributed by atoms with E-state index in [4.69, 9.17) is 0 Å². The summed E-state index contributed by atoms with van der Waals surface area (Å²) in [4.78, 5) is 4.27. The van der Waals surface area contributed by atoms with Crippen molar-refractivity contribution in [2.24, 2.45) is 46.8 Å². The number of aromatic nitrogens is 1. The number of hydrogen-bond donors (Lipinski definition) is 1. The van der Waals surface area contributed by atoms with E-state index in [1.807, 2.05) is 32.3 Å². The highest BCUT2D eigenvalue weighted by atomic mass is 14.9. The molecule has 1 N–H and O–H groups in total. The summed E-state index contributed by atoms with van der Waals surface area (Å²) in [5.74, 6) is 6.87. The fourth-order valence-corrected chi connectivity index (χ4v) is 8.95. The van der Waals surface area contributed by atoms with Gasteiger partial charge in [-0.25, -0.2) is 0 Å². The number of pyridine rings is 1. The topological polar surface area (TPSA) is 24.9 Å². The molecule has 8 unspecified atom stereocenters. The van der Waals surface area contributed by atoms with Crippen LogP contribution in [-0.2, 0) is 0 Å². The summed E-state index contributed by atoms with van der Waals surface area (Å²) in [6, 6.07) is 4.60. The zero-order valence-electron chi connectivity index (χ0n) is 24.2. The van der Waals surface area contributed by atoms with Crippen LogP contribution in [0.3, 0.4) is 0 Å². The van der Waals surface area contributed by atoms with Gasteiger partial charge < -0.3 is 5.32 Å². The molecule has 1 heterocycles. The normalized spacial score (nSPS) is 38.2. The Morgan fingerprint density at radius 2 is 1.77 bits per heavy atom. The molecule has 0 spiro atoms. The molecule has 4 fully saturated rings. The first-order valence-electron chi connectivity index (χ1n) is 15.2. The van der Waals surface area contributed by atoms with Gasteiger partial charge in [0.15, 0.2) is 0 Å². The second-order valence-corrected chi connectivity index (χ2v) is 12.4. The lowest BCUT2D eigenvalue weighted by molar-refractivity contribution is -0.0696. The first-order chi connectivity index (χ1) is 16.9. The van der Waals surface area contributed by atoms with Crippen molar-refractivity contribution in [3.8, 4) is 0 Å². The van der Waals surface area contributed by atoms with E-state index in [1.165, 1.54) is 64.2 Å². The highest BCUT2D eigenvalue weighted by Gasteiger charge is 2.57. The molecule has 1 aromatic rings. The van der Waals surface area contributed by atoms with Gasteiger partial charge in [0.2, 0.25) is 0 Å². The van der Waals surface area contributed by atoms with Crippen LogP contribution >= 0.6 is 0 Å². The molecule has 0 aliphatic heterocycles. The van der Waals surface area contributed by atoms with Crippen LogP contribution in [0.4, 0.5) is 0 Å². The lowest BCUT2D eigenvalue weighted by Crippen LogP contribution is -2.50. The fraction of sp³-hybridized carbons (Fsp3) is 0.788. The second-order valence-electron chi connectivity index (χ2n) is 12.4. The molecular formula is C33H56N2. The van der Waals surface area contributed by atoms with Crippen molar-refractivity contribution in [2.45, 2.75) is 119 Å². The van der Waals surface area contributed by atoms with E-state index in [0.29, 0.717) is 11.5 Å². The zero-order chi connectivity index (χ0) is 25.6. The third-order valence-electron chi connectivity index (χ3n) is 10.3. The summed E-state index contributed by atoms with van der Waals surface area (Å²) < 4.78 is 0. The maximum absolute atomic E-state index is 4.33. The number of hydrogen-bond acceptors (Lipinski definition) is 2. The SMILES string of the molecule is C=C(N[C@@H](C)C1CCC2C3CCC4CC(C)CCC4C3CCC21C)c1cccnc1.CC.CCC. The summed E-state index contributed by atoms with van der Waals surface area (Å²) in [6.07, 6.45) is 18.4. The van der Waals surface area contributed by atoms with Crippen molar-refractivity contribution in [1.82, 2.24) is 10.3 Å². The van der Waals surface area contributed by atoms with Crippen molar-refractivity contribution in [3.63, 3.8) is 0 Å². The van der Waals surface area contributed by atoms with Crippen molar-refractivity contribution < 1.29 is 0 Å². The monoisotopic (exact) mass is 480 g/mol. The molecule has 9 atom stereocenters. The van der Waals surface area contributed by atoms with Gasteiger partial charge in [-0.3, -0.25) is 4.98 Å². The summed E-state index contributed by atoms with van der Waals surface area (Å²) >= 11 is 0. The van der Waals surface area contributed by atoms with Crippen molar-refractivity contribution >= 4 is 5.70 Å². The van der Waals surface area contributed by atoms with Gasteiger partial charge in [-0.05, 0) is 117 Å². The van der Waals surface area contributed by atoms with Crippen LogP contribution in [0.25, 0.3) is 5.70 Å². The van der Waals surface area contributed by atoms with E-state index in [-0.39, 0.29) is 0 Å². The van der Waals surface area contributed by atoms with Gasteiger partial charge in [0, 0.05) is 29.7 Å². The maximum atomic E-state index is 4.33. The minimum absolute atomic E-state index is 0.483. The molecule has 0 aromatic carbocycles. The Morgan fingerprint density at radius 3 is 2.46 bits per heavy atom. The van der Waals surface area contributed by atoms with Crippen LogP contribution in [0, 0.1) is 46.8 Å². The molecule has 35 heavy (non-hydrogen) atoms. The predicted molar refractivity (Wildman–Crippen MR) is 153 cm³/mol. The molecule has 0 bridgehead atoms. The smallest absolute Gasteiger partial charge is 0.0360 e. The van der Waals surface area contributed by atoms with E-state index in [1.54, 1.807) is 0 Å². The molecule has 4 aliphatic rings. The summed E-state index contributed by atoms with van der Waals surface area (Å²) in [6.45, 7) is 20.1. The number of fused-ring (bicyclic) bond motifs is 5. The van der Waals surface area contributed by atoms with Gasteiger partial charge in [-0.2, -0.15) is 0 Å². The first kappa shape index (κ1) is 28.3. The van der Waals surface area contributed by atoms with Crippen LogP contribution in [-0.4, -0.2) is 11.0 Å². The molecule has 4 aliphatic carbocycles. The van der Waals surface area contributed by atoms with Crippen molar-refractivity contribution in [3.05, 3.63) is 36.7 Å². The van der Waals surface area contributed by atoms with Gasteiger partial charge in [-0.1, -0.05) is 61.0 Å². The highest BCUT2D eigenvalue weighted by molar-refractivity contribution is 5.60. The van der Waals surface area contributed by atoms with Crippen LogP contribution in [0.15, 0.2) is 31.1 Å². The molecule has 4 saturated carbocycles. The Bertz CT molecular complexity index is 773. The van der Waals surface area contributed by atoms with Gasteiger partial charge in [0.25, 0.3) is 0 Å². The third kappa shape index (κ3) is 5.99. The summed E-state index contributed by atoms with van der Waals surface area (Å²) in [7, 11) is 0. The first-order valence-corrected chi connectivity index (χ1v) is 15.2. The van der Waals surface area contributed by atoms with Crippen LogP contribution in [0.1, 0.15) is 118 Å². The van der Waals surface area contributed by atoms with E-state index in [0.717, 1.165) is 52.7 Å². The van der Waals surface area contributed by atoms with E-state index < -0.39 is 0 Å². The predicted octanol–water partition coefficient (Wildman–Crippen LogP) is 9.38. The molecular weight excluding hydrogens is 424 g/mol. The summed E-state index contributed by atoms with van der Waals surface area (Å²) in [5, 5.41) is 3.78. The van der Waals surface area contributed by atoms with Crippen LogP contribution < -0.4 is 5.32 Å². The highest BCUT2D eigenvalue weighted by Crippen LogP contribution is 2.64. The van der Waals surface area contributed by atoms with Gasteiger partial charge in [0.1, 0.15) is 0 Å². The Labute approximate surface area is 218 Å².